The van der Waals surface area contributed by atoms with Crippen LogP contribution in [0, 0.1) is 5.41 Å². The van der Waals surface area contributed by atoms with E-state index < -0.39 is 0 Å². The van der Waals surface area contributed by atoms with Gasteiger partial charge in [0.05, 0.1) is 5.84 Å². The molecular weight excluding hydrogens is 160 g/mol. The van der Waals surface area contributed by atoms with Crippen LogP contribution in [0.3, 0.4) is 0 Å². The summed E-state index contributed by atoms with van der Waals surface area (Å²) < 4.78 is 0. The lowest BCUT2D eigenvalue weighted by Crippen LogP contribution is -2.07. The Bertz CT molecular complexity index is 220. The molecule has 0 bridgehead atoms. The van der Waals surface area contributed by atoms with E-state index in [9.17, 15) is 0 Å². The maximum absolute atomic E-state index is 7.05. The summed E-state index contributed by atoms with van der Waals surface area (Å²) >= 11 is 0. The highest BCUT2D eigenvalue weighted by Gasteiger charge is 1.89. The van der Waals surface area contributed by atoms with E-state index >= 15 is 0 Å². The minimum absolute atomic E-state index is 0.238. The van der Waals surface area contributed by atoms with Crippen molar-refractivity contribution in [1.82, 2.24) is 0 Å². The molecule has 74 valence electrons. The molecule has 0 fully saturated rings. The molecule has 0 aliphatic heterocycles. The summed E-state index contributed by atoms with van der Waals surface area (Å²) in [5.74, 6) is 0.238. The van der Waals surface area contributed by atoms with Crippen LogP contribution in [0.4, 0.5) is 0 Å². The third-order valence-corrected chi connectivity index (χ3v) is 1.76. The minimum atomic E-state index is 0.238. The predicted molar refractivity (Wildman–Crippen MR) is 59.0 cm³/mol. The molecule has 0 atom stereocenters. The SMILES string of the molecule is CC(C)=CCC/C(C)=C/CC(=N)N. The molecule has 13 heavy (non-hydrogen) atoms. The first kappa shape index (κ1) is 11.9. The molecule has 0 aromatic carbocycles. The van der Waals surface area contributed by atoms with Gasteiger partial charge < -0.3 is 5.73 Å². The van der Waals surface area contributed by atoms with Crippen LogP contribution in [0.25, 0.3) is 0 Å². The number of nitrogens with one attached hydrogen (secondary N) is 1. The third-order valence-electron chi connectivity index (χ3n) is 1.76. The quantitative estimate of drug-likeness (QED) is 0.381. The highest BCUT2D eigenvalue weighted by atomic mass is 14.7. The largest absolute Gasteiger partial charge is 0.387 e. The van der Waals surface area contributed by atoms with Crippen molar-refractivity contribution >= 4 is 5.84 Å². The average Bonchev–Trinajstić information content (AvgIpc) is 2.00. The van der Waals surface area contributed by atoms with Crippen LogP contribution in [-0.4, -0.2) is 5.84 Å². The van der Waals surface area contributed by atoms with Crippen molar-refractivity contribution in [2.24, 2.45) is 5.73 Å². The van der Waals surface area contributed by atoms with Crippen molar-refractivity contribution < 1.29 is 0 Å². The average molecular weight is 180 g/mol. The summed E-state index contributed by atoms with van der Waals surface area (Å²) in [5.41, 5.74) is 7.92. The van der Waals surface area contributed by atoms with Crippen LogP contribution >= 0.6 is 0 Å². The Morgan fingerprint density at radius 1 is 1.23 bits per heavy atom. The molecular formula is C11H20N2. The molecule has 0 aromatic heterocycles. The molecule has 0 unspecified atom stereocenters. The first-order valence-electron chi connectivity index (χ1n) is 4.64. The number of hydrogen-bond acceptors (Lipinski definition) is 1. The Balaban J connectivity index is 3.73. The van der Waals surface area contributed by atoms with E-state index in [1.165, 1.54) is 11.1 Å². The molecule has 0 heterocycles. The van der Waals surface area contributed by atoms with Gasteiger partial charge in [-0.3, -0.25) is 5.41 Å². The van der Waals surface area contributed by atoms with Gasteiger partial charge in [-0.05, 0) is 33.6 Å². The Morgan fingerprint density at radius 3 is 2.31 bits per heavy atom. The molecule has 0 rings (SSSR count). The van der Waals surface area contributed by atoms with E-state index in [4.69, 9.17) is 11.1 Å². The fraction of sp³-hybridized carbons (Fsp3) is 0.545. The lowest BCUT2D eigenvalue weighted by atomic mass is 10.1. The zero-order valence-corrected chi connectivity index (χ0v) is 8.85. The standard InChI is InChI=1S/C11H20N2/c1-9(2)5-4-6-10(3)7-8-11(12)13/h5,7H,4,6,8H2,1-3H3,(H3,12,13)/b10-7+. The summed E-state index contributed by atoms with van der Waals surface area (Å²) in [6, 6.07) is 0. The van der Waals surface area contributed by atoms with Crippen LogP contribution in [0.1, 0.15) is 40.0 Å². The van der Waals surface area contributed by atoms with Gasteiger partial charge in [-0.1, -0.05) is 23.3 Å². The summed E-state index contributed by atoms with van der Waals surface area (Å²) in [5, 5.41) is 7.05. The number of amidine groups is 1. The minimum Gasteiger partial charge on any atom is -0.387 e. The second kappa shape index (κ2) is 6.46. The van der Waals surface area contributed by atoms with Crippen molar-refractivity contribution in [3.63, 3.8) is 0 Å². The topological polar surface area (TPSA) is 49.9 Å². The highest BCUT2D eigenvalue weighted by molar-refractivity contribution is 5.78. The Morgan fingerprint density at radius 2 is 1.85 bits per heavy atom. The van der Waals surface area contributed by atoms with Crippen LogP contribution in [0.15, 0.2) is 23.3 Å². The normalized spacial score (nSPS) is 11.2. The van der Waals surface area contributed by atoms with E-state index in [0.29, 0.717) is 6.42 Å². The zero-order valence-electron chi connectivity index (χ0n) is 8.85. The third kappa shape index (κ3) is 8.86. The molecule has 0 aliphatic rings. The smallest absolute Gasteiger partial charge is 0.0943 e. The summed E-state index contributed by atoms with van der Waals surface area (Å²) in [4.78, 5) is 0. The fourth-order valence-electron chi connectivity index (χ4n) is 0.975. The molecule has 2 heteroatoms. The van der Waals surface area contributed by atoms with Gasteiger partial charge in [0.25, 0.3) is 0 Å². The second-order valence-electron chi connectivity index (χ2n) is 3.60. The Labute approximate surface area is 81.0 Å². The van der Waals surface area contributed by atoms with Gasteiger partial charge in [-0.2, -0.15) is 0 Å². The number of nitrogens with two attached hydrogens (primary N) is 1. The highest BCUT2D eigenvalue weighted by Crippen LogP contribution is 2.07. The summed E-state index contributed by atoms with van der Waals surface area (Å²) in [6.07, 6.45) is 6.99. The van der Waals surface area contributed by atoms with E-state index in [1.54, 1.807) is 0 Å². The van der Waals surface area contributed by atoms with E-state index in [2.05, 4.69) is 26.8 Å². The lowest BCUT2D eigenvalue weighted by Gasteiger charge is -1.98. The molecule has 0 amide bonds. The van der Waals surface area contributed by atoms with Gasteiger partial charge >= 0.3 is 0 Å². The molecule has 0 saturated heterocycles. The molecule has 3 N–H and O–H groups in total. The fourth-order valence-corrected chi connectivity index (χ4v) is 0.975. The van der Waals surface area contributed by atoms with Crippen molar-refractivity contribution in [3.8, 4) is 0 Å². The van der Waals surface area contributed by atoms with Crippen molar-refractivity contribution in [3.05, 3.63) is 23.3 Å². The van der Waals surface area contributed by atoms with Crippen LogP contribution in [-0.2, 0) is 0 Å². The van der Waals surface area contributed by atoms with Gasteiger partial charge in [0.2, 0.25) is 0 Å². The van der Waals surface area contributed by atoms with Gasteiger partial charge in [0.15, 0.2) is 0 Å². The summed E-state index contributed by atoms with van der Waals surface area (Å²) in [6.45, 7) is 6.30. The van der Waals surface area contributed by atoms with Gasteiger partial charge in [0, 0.05) is 6.42 Å². The second-order valence-corrected chi connectivity index (χ2v) is 3.60. The number of allylic oxidation sites excluding steroid dienone is 3. The van der Waals surface area contributed by atoms with Crippen LogP contribution in [0.5, 0.6) is 0 Å². The summed E-state index contributed by atoms with van der Waals surface area (Å²) in [7, 11) is 0. The van der Waals surface area contributed by atoms with Gasteiger partial charge in [-0.25, -0.2) is 0 Å². The van der Waals surface area contributed by atoms with Crippen molar-refractivity contribution in [1.29, 1.82) is 5.41 Å². The Hall–Kier alpha value is -1.05. The van der Waals surface area contributed by atoms with Crippen molar-refractivity contribution in [2.45, 2.75) is 40.0 Å². The molecule has 0 radical (unpaired) electrons. The Kier molecular flexibility index (Phi) is 5.94. The number of rotatable bonds is 5. The maximum atomic E-state index is 7.05. The predicted octanol–water partition coefficient (Wildman–Crippen LogP) is 3.01. The first-order chi connectivity index (χ1) is 6.02. The molecule has 0 saturated carbocycles. The molecule has 0 spiro atoms. The lowest BCUT2D eigenvalue weighted by molar-refractivity contribution is 0.959. The molecule has 2 nitrogen and oxygen atoms in total. The monoisotopic (exact) mass is 180 g/mol. The first-order valence-corrected chi connectivity index (χ1v) is 4.64. The van der Waals surface area contributed by atoms with Gasteiger partial charge in [-0.15, -0.1) is 0 Å². The zero-order chi connectivity index (χ0) is 10.3. The molecule has 0 aliphatic carbocycles. The van der Waals surface area contributed by atoms with E-state index in [-0.39, 0.29) is 5.84 Å². The maximum Gasteiger partial charge on any atom is 0.0943 e. The van der Waals surface area contributed by atoms with E-state index in [0.717, 1.165) is 12.8 Å². The molecule has 0 aromatic rings. The van der Waals surface area contributed by atoms with Gasteiger partial charge in [0.1, 0.15) is 0 Å². The van der Waals surface area contributed by atoms with Crippen LogP contribution < -0.4 is 5.73 Å². The van der Waals surface area contributed by atoms with Crippen LogP contribution in [0.2, 0.25) is 0 Å². The number of hydrogen-bond donors (Lipinski definition) is 2. The van der Waals surface area contributed by atoms with Crippen molar-refractivity contribution in [2.75, 3.05) is 0 Å². The van der Waals surface area contributed by atoms with E-state index in [1.807, 2.05) is 6.08 Å².